The topological polar surface area (TPSA) is 59.1 Å². The molecule has 0 saturated carbocycles. The van der Waals surface area contributed by atoms with Crippen LogP contribution in [0, 0.1) is 0 Å². The van der Waals surface area contributed by atoms with Gasteiger partial charge in [-0.15, -0.1) is 0 Å². The molecule has 2 rings (SSSR count). The van der Waals surface area contributed by atoms with Gasteiger partial charge in [0, 0.05) is 12.2 Å². The molecule has 17 heavy (non-hydrogen) atoms. The second-order valence-corrected chi connectivity index (χ2v) is 6.63. The predicted molar refractivity (Wildman–Crippen MR) is 67.4 cm³/mol. The number of nitrogens with one attached hydrogen (secondary N) is 1. The van der Waals surface area contributed by atoms with E-state index in [2.05, 4.69) is 10.3 Å². The summed E-state index contributed by atoms with van der Waals surface area (Å²) in [6, 6.07) is 5.49. The molecule has 0 aromatic carbocycles. The molecule has 0 amide bonds. The molecule has 1 fully saturated rings. The van der Waals surface area contributed by atoms with Crippen LogP contribution >= 0.6 is 0 Å². The molecule has 1 aromatic heterocycles. The highest BCUT2D eigenvalue weighted by molar-refractivity contribution is 7.90. The lowest BCUT2D eigenvalue weighted by molar-refractivity contribution is 0.423. The highest BCUT2D eigenvalue weighted by atomic mass is 32.2. The molecule has 1 aromatic rings. The van der Waals surface area contributed by atoms with E-state index in [-0.39, 0.29) is 17.5 Å². The molecule has 2 heterocycles. The van der Waals surface area contributed by atoms with Gasteiger partial charge in [-0.3, -0.25) is 4.98 Å². The van der Waals surface area contributed by atoms with Crippen molar-refractivity contribution in [2.75, 3.05) is 12.3 Å². The van der Waals surface area contributed by atoms with Gasteiger partial charge in [-0.25, -0.2) is 8.42 Å². The number of hydrogen-bond acceptors (Lipinski definition) is 4. The molecular weight excluding hydrogens is 236 g/mol. The van der Waals surface area contributed by atoms with Crippen LogP contribution in [0.1, 0.15) is 25.0 Å². The molecule has 0 radical (unpaired) electrons. The summed E-state index contributed by atoms with van der Waals surface area (Å²) in [6.45, 7) is 0.934. The first-order valence-electron chi connectivity index (χ1n) is 5.99. The van der Waals surface area contributed by atoms with Crippen LogP contribution in [0.5, 0.6) is 0 Å². The summed E-state index contributed by atoms with van der Waals surface area (Å²) >= 11 is 0. The van der Waals surface area contributed by atoms with Crippen LogP contribution in [-0.4, -0.2) is 31.7 Å². The minimum atomic E-state index is -3.06. The van der Waals surface area contributed by atoms with E-state index in [1.807, 2.05) is 6.07 Å². The summed E-state index contributed by atoms with van der Waals surface area (Å²) in [5, 5.41) is 3.26. The van der Waals surface area contributed by atoms with Gasteiger partial charge < -0.3 is 5.32 Å². The summed E-state index contributed by atoms with van der Waals surface area (Å²) in [7, 11) is -3.06. The fourth-order valence-corrected chi connectivity index (χ4v) is 3.78. The Balaban J connectivity index is 1.94. The van der Waals surface area contributed by atoms with Crippen LogP contribution in [0.4, 0.5) is 0 Å². The van der Waals surface area contributed by atoms with Crippen molar-refractivity contribution in [1.82, 2.24) is 10.3 Å². The average molecular weight is 254 g/mol. The number of hydrogen-bond donors (Lipinski definition) is 1. The first-order chi connectivity index (χ1) is 8.16. The molecule has 4 nitrogen and oxygen atoms in total. The fourth-order valence-electron chi connectivity index (χ4n) is 2.14. The van der Waals surface area contributed by atoms with Gasteiger partial charge >= 0.3 is 0 Å². The molecule has 1 atom stereocenters. The van der Waals surface area contributed by atoms with Crippen molar-refractivity contribution in [2.45, 2.75) is 31.1 Å². The fraction of sp³-hybridized carbons (Fsp3) is 0.583. The number of piperidine rings is 1. The Labute approximate surface area is 102 Å². The summed E-state index contributed by atoms with van der Waals surface area (Å²) in [4.78, 5) is 4.06. The standard InChI is InChI=1S/C12H18N2O2S/c15-17(16,9-11-5-1-3-7-13-11)10-12-6-2-4-8-14-12/h1,3,5,7,12,14H,2,4,6,8-10H2/t12-/m1/s1. The van der Waals surface area contributed by atoms with E-state index in [1.54, 1.807) is 18.3 Å². The van der Waals surface area contributed by atoms with E-state index in [9.17, 15) is 8.42 Å². The van der Waals surface area contributed by atoms with E-state index in [1.165, 1.54) is 0 Å². The first-order valence-corrected chi connectivity index (χ1v) is 7.81. The van der Waals surface area contributed by atoms with Gasteiger partial charge in [0.05, 0.1) is 17.2 Å². The SMILES string of the molecule is O=S(=O)(Cc1ccccn1)C[C@H]1CCCCN1. The van der Waals surface area contributed by atoms with Crippen molar-refractivity contribution in [1.29, 1.82) is 0 Å². The Morgan fingerprint density at radius 1 is 1.35 bits per heavy atom. The van der Waals surface area contributed by atoms with Crippen LogP contribution < -0.4 is 5.32 Å². The third-order valence-electron chi connectivity index (χ3n) is 2.96. The Hall–Kier alpha value is -0.940. The quantitative estimate of drug-likeness (QED) is 0.875. The van der Waals surface area contributed by atoms with Crippen LogP contribution in [0.2, 0.25) is 0 Å². The third-order valence-corrected chi connectivity index (χ3v) is 4.61. The molecule has 1 aliphatic heterocycles. The molecule has 0 unspecified atom stereocenters. The summed E-state index contributed by atoms with van der Waals surface area (Å²) in [5.41, 5.74) is 0.628. The average Bonchev–Trinajstić information content (AvgIpc) is 2.30. The van der Waals surface area contributed by atoms with Crippen molar-refractivity contribution in [2.24, 2.45) is 0 Å². The number of sulfone groups is 1. The Morgan fingerprint density at radius 2 is 2.24 bits per heavy atom. The van der Waals surface area contributed by atoms with Crippen molar-refractivity contribution >= 4 is 9.84 Å². The monoisotopic (exact) mass is 254 g/mol. The van der Waals surface area contributed by atoms with Gasteiger partial charge in [0.25, 0.3) is 0 Å². The highest BCUT2D eigenvalue weighted by Gasteiger charge is 2.21. The summed E-state index contributed by atoms with van der Waals surface area (Å²) in [6.07, 6.45) is 4.86. The van der Waals surface area contributed by atoms with E-state index < -0.39 is 9.84 Å². The van der Waals surface area contributed by atoms with E-state index in [0.717, 1.165) is 25.8 Å². The minimum Gasteiger partial charge on any atom is -0.313 e. The lowest BCUT2D eigenvalue weighted by Crippen LogP contribution is -2.39. The Morgan fingerprint density at radius 3 is 2.88 bits per heavy atom. The van der Waals surface area contributed by atoms with Crippen molar-refractivity contribution in [3.05, 3.63) is 30.1 Å². The molecule has 0 bridgehead atoms. The maximum Gasteiger partial charge on any atom is 0.157 e. The van der Waals surface area contributed by atoms with Gasteiger partial charge in [-0.2, -0.15) is 0 Å². The molecular formula is C12H18N2O2S. The van der Waals surface area contributed by atoms with E-state index in [4.69, 9.17) is 0 Å². The lowest BCUT2D eigenvalue weighted by Gasteiger charge is -2.23. The molecule has 1 aliphatic rings. The summed E-state index contributed by atoms with van der Waals surface area (Å²) in [5.74, 6) is 0.273. The predicted octanol–water partition coefficient (Wildman–Crippen LogP) is 1.14. The normalized spacial score (nSPS) is 21.3. The molecule has 0 aliphatic carbocycles. The van der Waals surface area contributed by atoms with Crippen molar-refractivity contribution in [3.8, 4) is 0 Å². The Kier molecular flexibility index (Phi) is 4.12. The van der Waals surface area contributed by atoms with Crippen LogP contribution in [-0.2, 0) is 15.6 Å². The molecule has 1 saturated heterocycles. The summed E-state index contributed by atoms with van der Waals surface area (Å²) < 4.78 is 24.0. The number of pyridine rings is 1. The van der Waals surface area contributed by atoms with Crippen molar-refractivity contribution in [3.63, 3.8) is 0 Å². The van der Waals surface area contributed by atoms with Crippen LogP contribution in [0.3, 0.4) is 0 Å². The third kappa shape index (κ3) is 4.09. The van der Waals surface area contributed by atoms with Gasteiger partial charge in [-0.05, 0) is 31.5 Å². The molecule has 0 spiro atoms. The molecule has 94 valence electrons. The number of aromatic nitrogens is 1. The lowest BCUT2D eigenvalue weighted by atomic mass is 10.1. The van der Waals surface area contributed by atoms with Gasteiger partial charge in [0.2, 0.25) is 0 Å². The van der Waals surface area contributed by atoms with Gasteiger partial charge in [0.1, 0.15) is 0 Å². The van der Waals surface area contributed by atoms with Gasteiger partial charge in [-0.1, -0.05) is 12.5 Å². The zero-order valence-corrected chi connectivity index (χ0v) is 10.6. The second kappa shape index (κ2) is 5.60. The first kappa shape index (κ1) is 12.5. The zero-order valence-electron chi connectivity index (χ0n) is 9.80. The highest BCUT2D eigenvalue weighted by Crippen LogP contribution is 2.11. The van der Waals surface area contributed by atoms with E-state index in [0.29, 0.717) is 5.69 Å². The smallest absolute Gasteiger partial charge is 0.157 e. The van der Waals surface area contributed by atoms with E-state index >= 15 is 0 Å². The van der Waals surface area contributed by atoms with Gasteiger partial charge in [0.15, 0.2) is 9.84 Å². The van der Waals surface area contributed by atoms with Crippen LogP contribution in [0.25, 0.3) is 0 Å². The largest absolute Gasteiger partial charge is 0.313 e. The minimum absolute atomic E-state index is 0.0476. The van der Waals surface area contributed by atoms with Crippen molar-refractivity contribution < 1.29 is 8.42 Å². The second-order valence-electron chi connectivity index (χ2n) is 4.52. The molecule has 5 heteroatoms. The zero-order chi connectivity index (χ0) is 12.1. The number of rotatable bonds is 4. The number of nitrogens with zero attached hydrogens (tertiary/aromatic N) is 1. The van der Waals surface area contributed by atoms with Crippen LogP contribution in [0.15, 0.2) is 24.4 Å². The maximum atomic E-state index is 12.0. The maximum absolute atomic E-state index is 12.0. The Bertz CT molecular complexity index is 439. The molecule has 1 N–H and O–H groups in total.